The molecule has 2 rings (SSSR count). The number of rotatable bonds is 3. The Morgan fingerprint density at radius 3 is 2.31 bits per heavy atom. The third kappa shape index (κ3) is 2.04. The molecule has 1 aromatic carbocycles. The van der Waals surface area contributed by atoms with E-state index in [0.29, 0.717) is 13.1 Å². The Morgan fingerprint density at radius 1 is 1.19 bits per heavy atom. The maximum atomic E-state index is 11.3. The van der Waals surface area contributed by atoms with E-state index < -0.39 is 0 Å². The SMILES string of the molecule is NCc1ccc(CN2C(=O)CNC2=O)cc1. The monoisotopic (exact) mass is 219 g/mol. The van der Waals surface area contributed by atoms with Crippen LogP contribution in [0.1, 0.15) is 11.1 Å². The molecule has 0 saturated carbocycles. The zero-order valence-corrected chi connectivity index (χ0v) is 8.77. The smallest absolute Gasteiger partial charge is 0.324 e. The maximum Gasteiger partial charge on any atom is 0.324 e. The lowest BCUT2D eigenvalue weighted by Gasteiger charge is -2.12. The van der Waals surface area contributed by atoms with Crippen LogP contribution >= 0.6 is 0 Å². The molecule has 1 fully saturated rings. The minimum atomic E-state index is -0.326. The van der Waals surface area contributed by atoms with E-state index in [1.165, 1.54) is 4.90 Å². The van der Waals surface area contributed by atoms with Crippen molar-refractivity contribution in [2.75, 3.05) is 6.54 Å². The summed E-state index contributed by atoms with van der Waals surface area (Å²) in [6.07, 6.45) is 0. The van der Waals surface area contributed by atoms with Crippen LogP contribution in [0, 0.1) is 0 Å². The van der Waals surface area contributed by atoms with Gasteiger partial charge in [-0.05, 0) is 11.1 Å². The van der Waals surface area contributed by atoms with Crippen LogP contribution in [0.3, 0.4) is 0 Å². The number of carbonyl (C=O) groups is 2. The Hall–Kier alpha value is -1.88. The van der Waals surface area contributed by atoms with E-state index in [9.17, 15) is 9.59 Å². The molecule has 16 heavy (non-hydrogen) atoms. The number of imide groups is 1. The number of nitrogens with two attached hydrogens (primary N) is 1. The highest BCUT2D eigenvalue weighted by Crippen LogP contribution is 2.09. The van der Waals surface area contributed by atoms with Gasteiger partial charge >= 0.3 is 6.03 Å². The average molecular weight is 219 g/mol. The van der Waals surface area contributed by atoms with Crippen molar-refractivity contribution in [3.05, 3.63) is 35.4 Å². The zero-order chi connectivity index (χ0) is 11.5. The summed E-state index contributed by atoms with van der Waals surface area (Å²) in [5, 5.41) is 2.48. The van der Waals surface area contributed by atoms with Gasteiger partial charge in [-0.1, -0.05) is 24.3 Å². The molecule has 0 atom stereocenters. The second-order valence-corrected chi connectivity index (χ2v) is 3.66. The Balaban J connectivity index is 2.08. The molecule has 1 aromatic rings. The summed E-state index contributed by atoms with van der Waals surface area (Å²) in [6, 6.07) is 7.22. The lowest BCUT2D eigenvalue weighted by Crippen LogP contribution is -2.30. The fourth-order valence-corrected chi connectivity index (χ4v) is 1.58. The number of benzene rings is 1. The minimum Gasteiger partial charge on any atom is -0.329 e. The topological polar surface area (TPSA) is 75.4 Å². The van der Waals surface area contributed by atoms with Crippen LogP contribution in [-0.4, -0.2) is 23.4 Å². The molecular weight excluding hydrogens is 206 g/mol. The number of urea groups is 1. The van der Waals surface area contributed by atoms with Crippen molar-refractivity contribution in [2.45, 2.75) is 13.1 Å². The first-order valence-electron chi connectivity index (χ1n) is 5.07. The first-order chi connectivity index (χ1) is 7.70. The predicted octanol–water partition coefficient (Wildman–Crippen LogP) is 0.197. The first kappa shape index (κ1) is 10.6. The molecule has 5 heteroatoms. The van der Waals surface area contributed by atoms with E-state index >= 15 is 0 Å². The van der Waals surface area contributed by atoms with Gasteiger partial charge in [0.15, 0.2) is 0 Å². The summed E-state index contributed by atoms with van der Waals surface area (Å²) in [6.45, 7) is 0.901. The molecule has 3 amide bonds. The quantitative estimate of drug-likeness (QED) is 0.713. The van der Waals surface area contributed by atoms with Crippen LogP contribution in [0.25, 0.3) is 0 Å². The van der Waals surface area contributed by atoms with Crippen LogP contribution < -0.4 is 11.1 Å². The Kier molecular flexibility index (Phi) is 2.87. The number of carbonyl (C=O) groups excluding carboxylic acids is 2. The predicted molar refractivity (Wildman–Crippen MR) is 58.3 cm³/mol. The maximum absolute atomic E-state index is 11.3. The Bertz CT molecular complexity index is 398. The molecule has 5 nitrogen and oxygen atoms in total. The van der Waals surface area contributed by atoms with Crippen LogP contribution in [0.4, 0.5) is 4.79 Å². The van der Waals surface area contributed by atoms with E-state index in [1.807, 2.05) is 24.3 Å². The van der Waals surface area contributed by atoms with Gasteiger partial charge in [-0.3, -0.25) is 9.69 Å². The molecule has 0 aromatic heterocycles. The summed E-state index contributed by atoms with van der Waals surface area (Å²) in [7, 11) is 0. The van der Waals surface area contributed by atoms with Crippen LogP contribution in [0.2, 0.25) is 0 Å². The van der Waals surface area contributed by atoms with E-state index in [0.717, 1.165) is 11.1 Å². The largest absolute Gasteiger partial charge is 0.329 e. The van der Waals surface area contributed by atoms with E-state index in [4.69, 9.17) is 5.73 Å². The highest BCUT2D eigenvalue weighted by atomic mass is 16.2. The summed E-state index contributed by atoms with van der Waals surface area (Å²) >= 11 is 0. The summed E-state index contributed by atoms with van der Waals surface area (Å²) in [4.78, 5) is 23.8. The molecule has 1 aliphatic heterocycles. The molecule has 84 valence electrons. The van der Waals surface area contributed by atoms with Crippen LogP contribution in [0.5, 0.6) is 0 Å². The molecule has 1 saturated heterocycles. The van der Waals surface area contributed by atoms with Gasteiger partial charge in [0.1, 0.15) is 0 Å². The molecule has 0 radical (unpaired) electrons. The molecule has 0 unspecified atom stereocenters. The fourth-order valence-electron chi connectivity index (χ4n) is 1.58. The third-order valence-electron chi connectivity index (χ3n) is 2.54. The van der Waals surface area contributed by atoms with Gasteiger partial charge in [-0.15, -0.1) is 0 Å². The van der Waals surface area contributed by atoms with Gasteiger partial charge in [0.2, 0.25) is 5.91 Å². The van der Waals surface area contributed by atoms with Crippen molar-refractivity contribution in [1.82, 2.24) is 10.2 Å². The molecule has 0 spiro atoms. The van der Waals surface area contributed by atoms with Crippen LogP contribution in [-0.2, 0) is 17.9 Å². The van der Waals surface area contributed by atoms with Crippen molar-refractivity contribution in [2.24, 2.45) is 5.73 Å². The van der Waals surface area contributed by atoms with E-state index in [1.54, 1.807) is 0 Å². The van der Waals surface area contributed by atoms with E-state index in [2.05, 4.69) is 5.32 Å². The molecule has 1 heterocycles. The number of hydrogen-bond donors (Lipinski definition) is 2. The minimum absolute atomic E-state index is 0.0969. The zero-order valence-electron chi connectivity index (χ0n) is 8.77. The lowest BCUT2D eigenvalue weighted by molar-refractivity contribution is -0.125. The van der Waals surface area contributed by atoms with Gasteiger partial charge < -0.3 is 11.1 Å². The average Bonchev–Trinajstić information content (AvgIpc) is 2.62. The van der Waals surface area contributed by atoms with Gasteiger partial charge in [-0.25, -0.2) is 4.79 Å². The Labute approximate surface area is 93.2 Å². The first-order valence-corrected chi connectivity index (χ1v) is 5.07. The van der Waals surface area contributed by atoms with E-state index in [-0.39, 0.29) is 18.5 Å². The number of nitrogens with zero attached hydrogens (tertiary/aromatic N) is 1. The summed E-state index contributed by atoms with van der Waals surface area (Å²) in [5.41, 5.74) is 7.43. The van der Waals surface area contributed by atoms with Crippen LogP contribution in [0.15, 0.2) is 24.3 Å². The molecule has 3 N–H and O–H groups in total. The van der Waals surface area contributed by atoms with Crippen molar-refractivity contribution < 1.29 is 9.59 Å². The molecular formula is C11H13N3O2. The standard InChI is InChI=1S/C11H13N3O2/c12-5-8-1-3-9(4-2-8)7-14-10(15)6-13-11(14)16/h1-4H,5-7,12H2,(H,13,16). The third-order valence-corrected chi connectivity index (χ3v) is 2.54. The lowest BCUT2D eigenvalue weighted by atomic mass is 10.1. The van der Waals surface area contributed by atoms with Crippen molar-refractivity contribution in [1.29, 1.82) is 0 Å². The second-order valence-electron chi connectivity index (χ2n) is 3.66. The molecule has 0 bridgehead atoms. The van der Waals surface area contributed by atoms with Crippen molar-refractivity contribution in [3.63, 3.8) is 0 Å². The second kappa shape index (κ2) is 4.32. The van der Waals surface area contributed by atoms with Gasteiger partial charge in [0.25, 0.3) is 0 Å². The van der Waals surface area contributed by atoms with Crippen molar-refractivity contribution in [3.8, 4) is 0 Å². The summed E-state index contributed by atoms with van der Waals surface area (Å²) in [5.74, 6) is -0.187. The highest BCUT2D eigenvalue weighted by molar-refractivity contribution is 6.01. The highest BCUT2D eigenvalue weighted by Gasteiger charge is 2.28. The number of hydrogen-bond acceptors (Lipinski definition) is 3. The number of nitrogens with one attached hydrogen (secondary N) is 1. The fraction of sp³-hybridized carbons (Fsp3) is 0.273. The molecule has 1 aliphatic rings. The number of amides is 3. The van der Waals surface area contributed by atoms with Gasteiger partial charge in [-0.2, -0.15) is 0 Å². The van der Waals surface area contributed by atoms with Gasteiger partial charge in [0, 0.05) is 6.54 Å². The normalized spacial score (nSPS) is 15.4. The molecule has 0 aliphatic carbocycles. The summed E-state index contributed by atoms with van der Waals surface area (Å²) < 4.78 is 0. The Morgan fingerprint density at radius 2 is 1.81 bits per heavy atom. The van der Waals surface area contributed by atoms with Crippen molar-refractivity contribution >= 4 is 11.9 Å². The van der Waals surface area contributed by atoms with Gasteiger partial charge in [0.05, 0.1) is 13.1 Å².